The fourth-order valence-corrected chi connectivity index (χ4v) is 3.76. The van der Waals surface area contributed by atoms with Crippen LogP contribution in [-0.2, 0) is 12.0 Å². The molecular weight excluding hydrogens is 277 g/mol. The second kappa shape index (κ2) is 5.40. The van der Waals surface area contributed by atoms with Crippen LogP contribution in [0, 0.1) is 5.82 Å². The van der Waals surface area contributed by atoms with Crippen LogP contribution in [0.5, 0.6) is 5.75 Å². The molecule has 2 aliphatic rings. The van der Waals surface area contributed by atoms with Gasteiger partial charge in [-0.25, -0.2) is 4.39 Å². The fourth-order valence-electron chi connectivity index (χ4n) is 3.76. The number of halogens is 1. The van der Waals surface area contributed by atoms with E-state index in [0.717, 1.165) is 38.0 Å². The zero-order valence-corrected chi connectivity index (χ0v) is 12.6. The van der Waals surface area contributed by atoms with Crippen LogP contribution in [-0.4, -0.2) is 24.6 Å². The number of rotatable bonds is 2. The molecule has 2 aromatic carbocycles. The van der Waals surface area contributed by atoms with Crippen molar-refractivity contribution < 1.29 is 9.13 Å². The molecule has 0 radical (unpaired) electrons. The summed E-state index contributed by atoms with van der Waals surface area (Å²) in [5.41, 5.74) is 2.45. The highest BCUT2D eigenvalue weighted by Crippen LogP contribution is 2.46. The summed E-state index contributed by atoms with van der Waals surface area (Å²) in [6, 6.07) is 15.9. The van der Waals surface area contributed by atoms with Crippen LogP contribution >= 0.6 is 0 Å². The normalized spacial score (nSPS) is 19.9. The van der Waals surface area contributed by atoms with Crippen LogP contribution in [0.2, 0.25) is 0 Å². The van der Waals surface area contributed by atoms with E-state index in [-0.39, 0.29) is 11.2 Å². The zero-order valence-electron chi connectivity index (χ0n) is 12.6. The average Bonchev–Trinajstić information content (AvgIpc) is 2.91. The van der Waals surface area contributed by atoms with Crippen molar-refractivity contribution in [1.29, 1.82) is 0 Å². The van der Waals surface area contributed by atoms with E-state index in [1.807, 2.05) is 6.07 Å². The Balaban J connectivity index is 1.48. The van der Waals surface area contributed by atoms with E-state index in [4.69, 9.17) is 4.74 Å². The van der Waals surface area contributed by atoms with E-state index in [9.17, 15) is 4.39 Å². The third-order valence-electron chi connectivity index (χ3n) is 5.09. The number of hydrogen-bond donors (Lipinski definition) is 0. The van der Waals surface area contributed by atoms with Crippen molar-refractivity contribution in [2.75, 3.05) is 19.7 Å². The molecule has 1 saturated heterocycles. The van der Waals surface area contributed by atoms with Crippen molar-refractivity contribution >= 4 is 0 Å². The lowest BCUT2D eigenvalue weighted by molar-refractivity contribution is 0.130. The van der Waals surface area contributed by atoms with Crippen molar-refractivity contribution in [3.05, 3.63) is 65.5 Å². The Labute approximate surface area is 130 Å². The monoisotopic (exact) mass is 297 g/mol. The summed E-state index contributed by atoms with van der Waals surface area (Å²) in [4.78, 5) is 2.48. The molecule has 1 fully saturated rings. The largest absolute Gasteiger partial charge is 0.489 e. The summed E-state index contributed by atoms with van der Waals surface area (Å²) < 4.78 is 19.5. The Kier molecular flexibility index (Phi) is 3.38. The second-order valence-corrected chi connectivity index (χ2v) is 6.45. The van der Waals surface area contributed by atoms with Gasteiger partial charge < -0.3 is 4.74 Å². The molecular formula is C19H20FNO. The van der Waals surface area contributed by atoms with Crippen molar-refractivity contribution in [1.82, 2.24) is 4.90 Å². The van der Waals surface area contributed by atoms with Gasteiger partial charge in [0.15, 0.2) is 11.6 Å². The maximum Gasteiger partial charge on any atom is 0.165 e. The van der Waals surface area contributed by atoms with Crippen molar-refractivity contribution in [2.45, 2.75) is 24.8 Å². The van der Waals surface area contributed by atoms with Gasteiger partial charge in [0.2, 0.25) is 0 Å². The molecule has 2 aliphatic heterocycles. The predicted molar refractivity (Wildman–Crippen MR) is 84.5 cm³/mol. The number of piperidine rings is 1. The molecule has 0 aliphatic carbocycles. The molecule has 0 N–H and O–H groups in total. The molecule has 114 valence electrons. The van der Waals surface area contributed by atoms with Gasteiger partial charge in [0.05, 0.1) is 6.61 Å². The Bertz CT molecular complexity index is 662. The fraction of sp³-hybridized carbons (Fsp3) is 0.368. The number of hydrogen-bond acceptors (Lipinski definition) is 2. The zero-order chi connectivity index (χ0) is 15.0. The summed E-state index contributed by atoms with van der Waals surface area (Å²) in [6.45, 7) is 3.69. The number of ether oxygens (including phenoxy) is 1. The maximum atomic E-state index is 13.9. The summed E-state index contributed by atoms with van der Waals surface area (Å²) >= 11 is 0. The van der Waals surface area contributed by atoms with Crippen LogP contribution in [0.15, 0.2) is 48.5 Å². The molecule has 2 aromatic rings. The number of para-hydroxylation sites is 1. The smallest absolute Gasteiger partial charge is 0.165 e. The first-order valence-corrected chi connectivity index (χ1v) is 7.95. The van der Waals surface area contributed by atoms with Crippen molar-refractivity contribution in [3.63, 3.8) is 0 Å². The van der Waals surface area contributed by atoms with Crippen LogP contribution in [0.4, 0.5) is 4.39 Å². The van der Waals surface area contributed by atoms with Gasteiger partial charge in [0, 0.05) is 17.5 Å². The summed E-state index contributed by atoms with van der Waals surface area (Å²) in [7, 11) is 0. The van der Waals surface area contributed by atoms with Crippen LogP contribution in [0.1, 0.15) is 24.0 Å². The molecule has 4 rings (SSSR count). The third kappa shape index (κ3) is 2.30. The first-order valence-electron chi connectivity index (χ1n) is 7.95. The highest BCUT2D eigenvalue weighted by atomic mass is 19.1. The molecule has 0 bridgehead atoms. The summed E-state index contributed by atoms with van der Waals surface area (Å²) in [6.07, 6.45) is 2.08. The SMILES string of the molecule is Fc1cccc2c1OCC21CCN(Cc2ccccc2)CC1. The Hall–Kier alpha value is -1.87. The summed E-state index contributed by atoms with van der Waals surface area (Å²) in [5.74, 6) is 0.264. The van der Waals surface area contributed by atoms with Crippen LogP contribution in [0.25, 0.3) is 0 Å². The minimum absolute atomic E-state index is 0.0185. The molecule has 2 heterocycles. The summed E-state index contributed by atoms with van der Waals surface area (Å²) in [5, 5.41) is 0. The predicted octanol–water partition coefficient (Wildman–Crippen LogP) is 3.75. The maximum absolute atomic E-state index is 13.9. The van der Waals surface area contributed by atoms with E-state index in [0.29, 0.717) is 12.4 Å². The molecule has 3 heteroatoms. The minimum Gasteiger partial charge on any atom is -0.489 e. The molecule has 0 amide bonds. The quantitative estimate of drug-likeness (QED) is 0.837. The van der Waals surface area contributed by atoms with E-state index >= 15 is 0 Å². The number of fused-ring (bicyclic) bond motifs is 2. The lowest BCUT2D eigenvalue weighted by Gasteiger charge is -2.38. The van der Waals surface area contributed by atoms with Gasteiger partial charge in [-0.2, -0.15) is 0 Å². The first-order chi connectivity index (χ1) is 10.8. The van der Waals surface area contributed by atoms with Gasteiger partial charge in [-0.15, -0.1) is 0 Å². The van der Waals surface area contributed by atoms with Crippen LogP contribution < -0.4 is 4.74 Å². The second-order valence-electron chi connectivity index (χ2n) is 6.45. The van der Waals surface area contributed by atoms with Crippen molar-refractivity contribution in [2.24, 2.45) is 0 Å². The first kappa shape index (κ1) is 13.8. The molecule has 0 atom stereocenters. The van der Waals surface area contributed by atoms with E-state index in [1.165, 1.54) is 11.6 Å². The van der Waals surface area contributed by atoms with E-state index < -0.39 is 0 Å². The molecule has 22 heavy (non-hydrogen) atoms. The van der Waals surface area contributed by atoms with Crippen LogP contribution in [0.3, 0.4) is 0 Å². The number of likely N-dealkylation sites (tertiary alicyclic amines) is 1. The molecule has 0 saturated carbocycles. The van der Waals surface area contributed by atoms with Gasteiger partial charge in [0.25, 0.3) is 0 Å². The number of benzene rings is 2. The Morgan fingerprint density at radius 3 is 2.55 bits per heavy atom. The topological polar surface area (TPSA) is 12.5 Å². The van der Waals surface area contributed by atoms with Gasteiger partial charge in [-0.1, -0.05) is 42.5 Å². The van der Waals surface area contributed by atoms with Gasteiger partial charge in [-0.05, 0) is 37.6 Å². The average molecular weight is 297 g/mol. The number of nitrogens with zero attached hydrogens (tertiary/aromatic N) is 1. The lowest BCUT2D eigenvalue weighted by Crippen LogP contribution is -2.43. The van der Waals surface area contributed by atoms with Gasteiger partial charge >= 0.3 is 0 Å². The van der Waals surface area contributed by atoms with Gasteiger partial charge in [0.1, 0.15) is 0 Å². The van der Waals surface area contributed by atoms with Gasteiger partial charge in [-0.3, -0.25) is 4.90 Å². The van der Waals surface area contributed by atoms with Crippen molar-refractivity contribution in [3.8, 4) is 5.75 Å². The molecule has 2 nitrogen and oxygen atoms in total. The molecule has 1 spiro atoms. The Morgan fingerprint density at radius 2 is 1.77 bits per heavy atom. The standard InChI is InChI=1S/C19H20FNO/c20-17-8-4-7-16-18(17)22-14-19(16)9-11-21(12-10-19)13-15-5-2-1-3-6-15/h1-8H,9-14H2. The molecule has 0 aromatic heterocycles. The lowest BCUT2D eigenvalue weighted by atomic mass is 9.74. The van der Waals surface area contributed by atoms with E-state index in [1.54, 1.807) is 6.07 Å². The van der Waals surface area contributed by atoms with E-state index in [2.05, 4.69) is 35.2 Å². The highest BCUT2D eigenvalue weighted by Gasteiger charge is 2.43. The third-order valence-corrected chi connectivity index (χ3v) is 5.09. The molecule has 0 unspecified atom stereocenters. The Morgan fingerprint density at radius 1 is 1.00 bits per heavy atom. The minimum atomic E-state index is -0.221. The highest BCUT2D eigenvalue weighted by molar-refractivity contribution is 5.45.